The van der Waals surface area contributed by atoms with Crippen LogP contribution in [0.5, 0.6) is 0 Å². The van der Waals surface area contributed by atoms with Gasteiger partial charge in [0, 0.05) is 27.4 Å². The summed E-state index contributed by atoms with van der Waals surface area (Å²) in [6, 6.07) is 0. The van der Waals surface area contributed by atoms with Gasteiger partial charge in [0.25, 0.3) is 0 Å². The fourth-order valence-corrected chi connectivity index (χ4v) is 4.60. The zero-order valence-electron chi connectivity index (χ0n) is 15.3. The van der Waals surface area contributed by atoms with E-state index in [1.807, 2.05) is 12.2 Å². The number of hydrogen-bond donors (Lipinski definition) is 0. The molecule has 138 valence electrons. The first-order valence-corrected chi connectivity index (χ1v) is 9.16. The van der Waals surface area contributed by atoms with Crippen molar-refractivity contribution in [3.63, 3.8) is 0 Å². The van der Waals surface area contributed by atoms with Gasteiger partial charge >= 0.3 is 0 Å². The standard InChI is InChI=1S/C20H34O4/c1-5-7-23-19-11-15-9-17(13-21-3)18(14-22-4)10-16(15)12-20(19)24-8-6-2/h5-6,15-20H,1-2,7-14H2,3-4H3/t15-,16+,17-,18-,19-,20-/m1/s1. The molecule has 0 aromatic rings. The second-order valence-corrected chi connectivity index (χ2v) is 7.21. The Balaban J connectivity index is 2.03. The summed E-state index contributed by atoms with van der Waals surface area (Å²) in [6.07, 6.45) is 8.50. The van der Waals surface area contributed by atoms with E-state index in [2.05, 4.69) is 13.2 Å². The van der Waals surface area contributed by atoms with Crippen LogP contribution in [0.2, 0.25) is 0 Å². The Labute approximate surface area is 147 Å². The van der Waals surface area contributed by atoms with Crippen molar-refractivity contribution < 1.29 is 18.9 Å². The van der Waals surface area contributed by atoms with Crippen LogP contribution in [0.15, 0.2) is 25.3 Å². The highest BCUT2D eigenvalue weighted by Crippen LogP contribution is 2.46. The van der Waals surface area contributed by atoms with E-state index in [0.29, 0.717) is 36.9 Å². The summed E-state index contributed by atoms with van der Waals surface area (Å²) < 4.78 is 23.0. The molecule has 2 rings (SSSR count). The fraction of sp³-hybridized carbons (Fsp3) is 0.800. The molecule has 2 saturated carbocycles. The van der Waals surface area contributed by atoms with Gasteiger partial charge in [0.1, 0.15) is 0 Å². The normalized spacial score (nSPS) is 36.1. The highest BCUT2D eigenvalue weighted by molar-refractivity contribution is 4.94. The first-order valence-electron chi connectivity index (χ1n) is 9.16. The third kappa shape index (κ3) is 5.16. The minimum atomic E-state index is 0.159. The highest BCUT2D eigenvalue weighted by atomic mass is 16.5. The molecule has 0 bridgehead atoms. The Morgan fingerprint density at radius 2 is 1.17 bits per heavy atom. The van der Waals surface area contributed by atoms with Crippen molar-refractivity contribution in [3.05, 3.63) is 25.3 Å². The van der Waals surface area contributed by atoms with Gasteiger partial charge in [-0.05, 0) is 49.4 Å². The fourth-order valence-electron chi connectivity index (χ4n) is 4.60. The first-order chi connectivity index (χ1) is 11.7. The van der Waals surface area contributed by atoms with E-state index in [4.69, 9.17) is 18.9 Å². The smallest absolute Gasteiger partial charge is 0.0843 e. The minimum absolute atomic E-state index is 0.159. The maximum atomic E-state index is 6.03. The molecule has 0 N–H and O–H groups in total. The van der Waals surface area contributed by atoms with Gasteiger partial charge in [0.15, 0.2) is 0 Å². The van der Waals surface area contributed by atoms with E-state index >= 15 is 0 Å². The summed E-state index contributed by atoms with van der Waals surface area (Å²) >= 11 is 0. The van der Waals surface area contributed by atoms with Crippen molar-refractivity contribution >= 4 is 0 Å². The van der Waals surface area contributed by atoms with Crippen molar-refractivity contribution in [2.24, 2.45) is 23.7 Å². The highest BCUT2D eigenvalue weighted by Gasteiger charge is 2.44. The number of fused-ring (bicyclic) bond motifs is 1. The molecule has 0 radical (unpaired) electrons. The minimum Gasteiger partial charge on any atom is -0.384 e. The quantitative estimate of drug-likeness (QED) is 0.572. The largest absolute Gasteiger partial charge is 0.384 e. The van der Waals surface area contributed by atoms with Crippen molar-refractivity contribution in [1.82, 2.24) is 0 Å². The zero-order chi connectivity index (χ0) is 17.4. The molecule has 2 aliphatic carbocycles. The van der Waals surface area contributed by atoms with Crippen LogP contribution in [0.25, 0.3) is 0 Å². The lowest BCUT2D eigenvalue weighted by Gasteiger charge is -2.48. The molecule has 0 heterocycles. The van der Waals surface area contributed by atoms with Crippen LogP contribution in [0.1, 0.15) is 25.7 Å². The van der Waals surface area contributed by atoms with E-state index < -0.39 is 0 Å². The Morgan fingerprint density at radius 1 is 0.750 bits per heavy atom. The second kappa shape index (κ2) is 10.3. The van der Waals surface area contributed by atoms with Gasteiger partial charge < -0.3 is 18.9 Å². The zero-order valence-corrected chi connectivity index (χ0v) is 15.3. The molecule has 2 aliphatic rings. The Morgan fingerprint density at radius 3 is 1.50 bits per heavy atom. The molecule has 0 saturated heterocycles. The molecular weight excluding hydrogens is 304 g/mol. The maximum absolute atomic E-state index is 6.03. The van der Waals surface area contributed by atoms with Crippen molar-refractivity contribution in [2.45, 2.75) is 37.9 Å². The van der Waals surface area contributed by atoms with E-state index in [1.54, 1.807) is 14.2 Å². The molecule has 6 atom stereocenters. The third-order valence-electron chi connectivity index (χ3n) is 5.65. The van der Waals surface area contributed by atoms with Gasteiger partial charge in [-0.1, -0.05) is 12.2 Å². The number of ether oxygens (including phenoxy) is 4. The summed E-state index contributed by atoms with van der Waals surface area (Å²) in [4.78, 5) is 0. The summed E-state index contributed by atoms with van der Waals surface area (Å²) in [7, 11) is 3.60. The summed E-state index contributed by atoms with van der Waals surface area (Å²) in [5.74, 6) is 2.55. The number of rotatable bonds is 10. The SMILES string of the molecule is C=CCO[C@@H]1C[C@H]2C[C@H](COC)[C@@H](COC)C[C@H]2C[C@H]1OCC=C. The summed E-state index contributed by atoms with van der Waals surface area (Å²) in [6.45, 7) is 10.4. The lowest BCUT2D eigenvalue weighted by atomic mass is 9.62. The number of hydrogen-bond acceptors (Lipinski definition) is 4. The lowest BCUT2D eigenvalue weighted by Crippen LogP contribution is -2.47. The molecule has 0 unspecified atom stereocenters. The van der Waals surface area contributed by atoms with Crippen LogP contribution in [0.4, 0.5) is 0 Å². The average Bonchev–Trinajstić information content (AvgIpc) is 2.59. The molecule has 0 spiro atoms. The molecule has 4 nitrogen and oxygen atoms in total. The monoisotopic (exact) mass is 338 g/mol. The third-order valence-corrected chi connectivity index (χ3v) is 5.65. The predicted octanol–water partition coefficient (Wildman–Crippen LogP) is 3.47. The van der Waals surface area contributed by atoms with Gasteiger partial charge in [0.2, 0.25) is 0 Å². The van der Waals surface area contributed by atoms with Gasteiger partial charge in [-0.3, -0.25) is 0 Å². The van der Waals surface area contributed by atoms with Gasteiger partial charge in [-0.25, -0.2) is 0 Å². The van der Waals surface area contributed by atoms with Crippen molar-refractivity contribution in [2.75, 3.05) is 40.6 Å². The van der Waals surface area contributed by atoms with Gasteiger partial charge in [0.05, 0.1) is 25.4 Å². The van der Waals surface area contributed by atoms with Crippen LogP contribution >= 0.6 is 0 Å². The van der Waals surface area contributed by atoms with Crippen LogP contribution in [-0.2, 0) is 18.9 Å². The predicted molar refractivity (Wildman–Crippen MR) is 96.1 cm³/mol. The Hall–Kier alpha value is -0.680. The molecule has 2 fully saturated rings. The lowest BCUT2D eigenvalue weighted by molar-refractivity contribution is -0.124. The molecule has 0 aromatic heterocycles. The first kappa shape index (κ1) is 19.6. The van der Waals surface area contributed by atoms with Crippen LogP contribution in [0, 0.1) is 23.7 Å². The van der Waals surface area contributed by atoms with Gasteiger partial charge in [-0.2, -0.15) is 0 Å². The molecule has 0 amide bonds. The summed E-state index contributed by atoms with van der Waals surface area (Å²) in [5.41, 5.74) is 0. The average molecular weight is 338 g/mol. The molecule has 0 aliphatic heterocycles. The van der Waals surface area contributed by atoms with E-state index in [-0.39, 0.29) is 12.2 Å². The molecule has 24 heavy (non-hydrogen) atoms. The Bertz CT molecular complexity index is 348. The molecule has 4 heteroatoms. The van der Waals surface area contributed by atoms with Crippen molar-refractivity contribution in [3.8, 4) is 0 Å². The molecule has 0 aromatic carbocycles. The maximum Gasteiger partial charge on any atom is 0.0843 e. The van der Waals surface area contributed by atoms with Crippen LogP contribution in [-0.4, -0.2) is 52.9 Å². The van der Waals surface area contributed by atoms with Crippen LogP contribution in [0.3, 0.4) is 0 Å². The number of methoxy groups -OCH3 is 2. The topological polar surface area (TPSA) is 36.9 Å². The molecular formula is C20H34O4. The summed E-state index contributed by atoms with van der Waals surface area (Å²) in [5, 5.41) is 0. The van der Waals surface area contributed by atoms with E-state index in [1.165, 1.54) is 12.8 Å². The van der Waals surface area contributed by atoms with E-state index in [9.17, 15) is 0 Å². The van der Waals surface area contributed by atoms with E-state index in [0.717, 1.165) is 26.1 Å². The Kier molecular flexibility index (Phi) is 8.46. The van der Waals surface area contributed by atoms with Crippen molar-refractivity contribution in [1.29, 1.82) is 0 Å². The second-order valence-electron chi connectivity index (χ2n) is 7.21. The van der Waals surface area contributed by atoms with Gasteiger partial charge in [-0.15, -0.1) is 13.2 Å². The van der Waals surface area contributed by atoms with Crippen LogP contribution < -0.4 is 0 Å².